The molecule has 1 saturated heterocycles. The highest BCUT2D eigenvalue weighted by Gasteiger charge is 2.49. The molecule has 0 aliphatic carbocycles. The molecule has 3 aromatic carbocycles. The number of nitrogens with zero attached hydrogens (tertiary/aromatic N) is 2. The third kappa shape index (κ3) is 3.74. The number of benzene rings is 3. The van der Waals surface area contributed by atoms with Crippen molar-refractivity contribution in [2.24, 2.45) is 0 Å². The summed E-state index contributed by atoms with van der Waals surface area (Å²) in [5, 5.41) is 11.6. The standard InChI is InChI=1S/C28H21FN2O5S/c1-14-11-15(2)23-21(12-14)37-28(30-23)31-24(17-5-3-4-6-18(17)29)22(26(33)27(31)34)25(32)16-7-8-19-20(13-16)36-10-9-35-19/h3-8,11-13,24,32H,9-10H2,1-2H3/b25-22+/t24-/m1/s1. The first-order chi connectivity index (χ1) is 17.8. The highest BCUT2D eigenvalue weighted by molar-refractivity contribution is 7.22. The molecule has 6 rings (SSSR count). The summed E-state index contributed by atoms with van der Waals surface area (Å²) >= 11 is 1.24. The Morgan fingerprint density at radius 1 is 1.05 bits per heavy atom. The number of halogens is 1. The number of aliphatic hydroxyl groups excluding tert-OH is 1. The number of hydrogen-bond acceptors (Lipinski definition) is 7. The van der Waals surface area contributed by atoms with E-state index in [0.717, 1.165) is 15.8 Å². The van der Waals surface area contributed by atoms with E-state index in [1.807, 2.05) is 26.0 Å². The maximum absolute atomic E-state index is 15.2. The van der Waals surface area contributed by atoms with E-state index in [0.29, 0.717) is 30.2 Å². The van der Waals surface area contributed by atoms with Crippen LogP contribution in [0.2, 0.25) is 0 Å². The number of aryl methyl sites for hydroxylation is 2. The van der Waals surface area contributed by atoms with Crippen LogP contribution in [0, 0.1) is 19.7 Å². The molecule has 1 atom stereocenters. The number of ether oxygens (including phenoxy) is 2. The lowest BCUT2D eigenvalue weighted by atomic mass is 9.95. The number of carbonyl (C=O) groups excluding carboxylic acids is 2. The number of fused-ring (bicyclic) bond motifs is 2. The molecule has 0 unspecified atom stereocenters. The second-order valence-electron chi connectivity index (χ2n) is 8.97. The Hall–Kier alpha value is -4.24. The number of rotatable bonds is 3. The van der Waals surface area contributed by atoms with E-state index in [1.165, 1.54) is 34.4 Å². The van der Waals surface area contributed by atoms with E-state index in [-0.39, 0.29) is 21.8 Å². The molecule has 1 N–H and O–H groups in total. The van der Waals surface area contributed by atoms with Gasteiger partial charge < -0.3 is 14.6 Å². The quantitative estimate of drug-likeness (QED) is 0.221. The number of anilines is 1. The summed E-state index contributed by atoms with van der Waals surface area (Å²) < 4.78 is 27.2. The summed E-state index contributed by atoms with van der Waals surface area (Å²) in [6, 6.07) is 13.3. The van der Waals surface area contributed by atoms with Crippen LogP contribution in [-0.2, 0) is 9.59 Å². The van der Waals surface area contributed by atoms with Crippen LogP contribution in [0.5, 0.6) is 11.5 Å². The van der Waals surface area contributed by atoms with Gasteiger partial charge in [-0.1, -0.05) is 35.6 Å². The van der Waals surface area contributed by atoms with Crippen molar-refractivity contribution in [2.45, 2.75) is 19.9 Å². The fourth-order valence-corrected chi connectivity index (χ4v) is 6.00. The number of hydrogen-bond donors (Lipinski definition) is 1. The predicted molar refractivity (Wildman–Crippen MR) is 138 cm³/mol. The molecule has 0 radical (unpaired) electrons. The molecule has 1 aromatic heterocycles. The fraction of sp³-hybridized carbons (Fsp3) is 0.179. The molecule has 2 aliphatic rings. The molecule has 7 nitrogen and oxygen atoms in total. The Bertz CT molecular complexity index is 1640. The van der Waals surface area contributed by atoms with Gasteiger partial charge in [-0.3, -0.25) is 14.5 Å². The highest BCUT2D eigenvalue weighted by Crippen LogP contribution is 2.46. The van der Waals surface area contributed by atoms with Crippen LogP contribution in [0.15, 0.2) is 60.2 Å². The Morgan fingerprint density at radius 3 is 2.59 bits per heavy atom. The van der Waals surface area contributed by atoms with Gasteiger partial charge in [-0.05, 0) is 55.3 Å². The van der Waals surface area contributed by atoms with E-state index < -0.39 is 29.3 Å². The molecule has 3 heterocycles. The first-order valence-electron chi connectivity index (χ1n) is 11.7. The van der Waals surface area contributed by atoms with Crippen molar-refractivity contribution < 1.29 is 28.6 Å². The minimum absolute atomic E-state index is 0.0768. The normalized spacial score (nSPS) is 18.6. The van der Waals surface area contributed by atoms with E-state index in [1.54, 1.807) is 24.3 Å². The van der Waals surface area contributed by atoms with Gasteiger partial charge in [0, 0.05) is 11.1 Å². The Labute approximate surface area is 215 Å². The first kappa shape index (κ1) is 23.2. The van der Waals surface area contributed by atoms with E-state index in [4.69, 9.17) is 9.47 Å². The molecule has 0 spiro atoms. The van der Waals surface area contributed by atoms with Crippen molar-refractivity contribution in [2.75, 3.05) is 18.1 Å². The van der Waals surface area contributed by atoms with Crippen LogP contribution in [0.3, 0.4) is 0 Å². The van der Waals surface area contributed by atoms with Crippen molar-refractivity contribution in [1.29, 1.82) is 0 Å². The Kier molecular flexibility index (Phi) is 5.45. The lowest BCUT2D eigenvalue weighted by molar-refractivity contribution is -0.132. The summed E-state index contributed by atoms with van der Waals surface area (Å²) in [5.41, 5.74) is 2.76. The lowest BCUT2D eigenvalue weighted by Crippen LogP contribution is -2.29. The van der Waals surface area contributed by atoms with E-state index in [9.17, 15) is 14.7 Å². The molecule has 1 fully saturated rings. The van der Waals surface area contributed by atoms with Crippen molar-refractivity contribution >= 4 is 44.1 Å². The summed E-state index contributed by atoms with van der Waals surface area (Å²) in [6.07, 6.45) is 0. The number of amides is 1. The molecule has 9 heteroatoms. The lowest BCUT2D eigenvalue weighted by Gasteiger charge is -2.23. The molecule has 4 aromatic rings. The van der Waals surface area contributed by atoms with Gasteiger partial charge >= 0.3 is 5.91 Å². The second kappa shape index (κ2) is 8.70. The summed E-state index contributed by atoms with van der Waals surface area (Å²) in [6.45, 7) is 4.62. The van der Waals surface area contributed by atoms with Gasteiger partial charge in [-0.15, -0.1) is 0 Å². The van der Waals surface area contributed by atoms with Gasteiger partial charge in [0.15, 0.2) is 16.6 Å². The van der Waals surface area contributed by atoms with Gasteiger partial charge in [0.05, 0.1) is 15.8 Å². The summed E-state index contributed by atoms with van der Waals surface area (Å²) in [7, 11) is 0. The van der Waals surface area contributed by atoms with Crippen LogP contribution in [0.4, 0.5) is 9.52 Å². The fourth-order valence-electron chi connectivity index (χ4n) is 4.83. The van der Waals surface area contributed by atoms with E-state index >= 15 is 4.39 Å². The first-order valence-corrected chi connectivity index (χ1v) is 12.5. The average Bonchev–Trinajstić information content (AvgIpc) is 3.42. The van der Waals surface area contributed by atoms with Crippen molar-refractivity contribution in [1.82, 2.24) is 4.98 Å². The van der Waals surface area contributed by atoms with Crippen LogP contribution in [0.1, 0.15) is 28.3 Å². The number of ketones is 1. The zero-order valence-corrected chi connectivity index (χ0v) is 20.8. The van der Waals surface area contributed by atoms with Gasteiger partial charge in [0.1, 0.15) is 30.8 Å². The van der Waals surface area contributed by atoms with Gasteiger partial charge in [-0.25, -0.2) is 9.37 Å². The van der Waals surface area contributed by atoms with Gasteiger partial charge in [0.2, 0.25) is 0 Å². The van der Waals surface area contributed by atoms with Crippen molar-refractivity contribution in [3.63, 3.8) is 0 Å². The number of Topliss-reactive ketones (excluding diaryl/α,β-unsaturated/α-hetero) is 1. The topological polar surface area (TPSA) is 89.0 Å². The largest absolute Gasteiger partial charge is 0.507 e. The molecule has 0 bridgehead atoms. The van der Waals surface area contributed by atoms with Crippen molar-refractivity contribution in [3.8, 4) is 11.5 Å². The molecular weight excluding hydrogens is 495 g/mol. The Morgan fingerprint density at radius 2 is 1.81 bits per heavy atom. The molecule has 1 amide bonds. The zero-order valence-electron chi connectivity index (χ0n) is 19.9. The third-order valence-corrected chi connectivity index (χ3v) is 7.49. The second-order valence-corrected chi connectivity index (χ2v) is 9.98. The van der Waals surface area contributed by atoms with Crippen LogP contribution < -0.4 is 14.4 Å². The average molecular weight is 517 g/mol. The number of aromatic nitrogens is 1. The molecular formula is C28H21FN2O5S. The van der Waals surface area contributed by atoms with Gasteiger partial charge in [0.25, 0.3) is 5.78 Å². The number of carbonyl (C=O) groups is 2. The molecule has 0 saturated carbocycles. The van der Waals surface area contributed by atoms with Crippen LogP contribution >= 0.6 is 11.3 Å². The molecule has 2 aliphatic heterocycles. The van der Waals surface area contributed by atoms with Crippen LogP contribution in [-0.4, -0.2) is 35.0 Å². The third-order valence-electron chi connectivity index (χ3n) is 6.48. The van der Waals surface area contributed by atoms with Crippen LogP contribution in [0.25, 0.3) is 16.0 Å². The maximum atomic E-state index is 15.2. The number of aliphatic hydroxyl groups is 1. The van der Waals surface area contributed by atoms with E-state index in [2.05, 4.69) is 4.98 Å². The predicted octanol–water partition coefficient (Wildman–Crippen LogP) is 5.45. The summed E-state index contributed by atoms with van der Waals surface area (Å²) in [5.74, 6) is -1.94. The minimum atomic E-state index is -1.21. The van der Waals surface area contributed by atoms with Crippen molar-refractivity contribution in [3.05, 3.63) is 88.2 Å². The highest BCUT2D eigenvalue weighted by atomic mass is 32.1. The number of thiazole rings is 1. The van der Waals surface area contributed by atoms with Gasteiger partial charge in [-0.2, -0.15) is 0 Å². The minimum Gasteiger partial charge on any atom is -0.507 e. The summed E-state index contributed by atoms with van der Waals surface area (Å²) in [4.78, 5) is 32.7. The SMILES string of the molecule is Cc1cc(C)c2nc(N3C(=O)C(=O)/C(=C(/O)c4ccc5c(c4)OCCO5)[C@H]3c3ccccc3F)sc2c1. The Balaban J connectivity index is 1.56. The molecule has 186 valence electrons. The zero-order chi connectivity index (χ0) is 25.8. The molecule has 37 heavy (non-hydrogen) atoms. The smallest absolute Gasteiger partial charge is 0.301 e. The maximum Gasteiger partial charge on any atom is 0.301 e. The monoisotopic (exact) mass is 516 g/mol.